The van der Waals surface area contributed by atoms with E-state index in [-0.39, 0.29) is 0 Å². The van der Waals surface area contributed by atoms with Crippen LogP contribution in [0.1, 0.15) is 19.5 Å². The van der Waals surface area contributed by atoms with E-state index in [9.17, 15) is 0 Å². The lowest BCUT2D eigenvalue weighted by molar-refractivity contribution is 0.457. The Morgan fingerprint density at radius 2 is 2.31 bits per heavy atom. The van der Waals surface area contributed by atoms with E-state index in [0.29, 0.717) is 0 Å². The topological polar surface area (TPSA) is 33.1 Å². The third-order valence-corrected chi connectivity index (χ3v) is 3.38. The van der Waals surface area contributed by atoms with Crippen molar-refractivity contribution in [2.75, 3.05) is 13.6 Å². The second-order valence-electron chi connectivity index (χ2n) is 3.45. The smallest absolute Gasteiger partial charge is 0.169 e. The van der Waals surface area contributed by atoms with Crippen LogP contribution < -0.4 is 5.32 Å². The lowest BCUT2D eigenvalue weighted by atomic mass is 10.4. The van der Waals surface area contributed by atoms with Crippen molar-refractivity contribution in [2.24, 2.45) is 0 Å². The molecule has 1 aromatic heterocycles. The SMILES string of the molecule is CCNC(=S)N(C)Cc1c(Br)cnn1CC. The summed E-state index contributed by atoms with van der Waals surface area (Å²) in [6, 6.07) is 0. The zero-order valence-corrected chi connectivity index (χ0v) is 12.2. The van der Waals surface area contributed by atoms with Crippen LogP contribution in [0.4, 0.5) is 0 Å². The van der Waals surface area contributed by atoms with Crippen molar-refractivity contribution in [2.45, 2.75) is 26.9 Å². The van der Waals surface area contributed by atoms with Gasteiger partial charge in [-0.1, -0.05) is 0 Å². The van der Waals surface area contributed by atoms with Gasteiger partial charge in [0.25, 0.3) is 0 Å². The lowest BCUT2D eigenvalue weighted by Crippen LogP contribution is -2.36. The molecule has 0 aromatic carbocycles. The van der Waals surface area contributed by atoms with Crippen molar-refractivity contribution >= 4 is 33.3 Å². The van der Waals surface area contributed by atoms with E-state index in [4.69, 9.17) is 12.2 Å². The monoisotopic (exact) mass is 304 g/mol. The average molecular weight is 305 g/mol. The van der Waals surface area contributed by atoms with Crippen LogP contribution in [0.2, 0.25) is 0 Å². The van der Waals surface area contributed by atoms with Gasteiger partial charge in [0.15, 0.2) is 5.11 Å². The predicted molar refractivity (Wildman–Crippen MR) is 73.3 cm³/mol. The summed E-state index contributed by atoms with van der Waals surface area (Å²) >= 11 is 8.74. The number of nitrogens with zero attached hydrogens (tertiary/aromatic N) is 3. The molecule has 90 valence electrons. The summed E-state index contributed by atoms with van der Waals surface area (Å²) in [6.45, 7) is 6.57. The molecule has 1 heterocycles. The molecular weight excluding hydrogens is 288 g/mol. The highest BCUT2D eigenvalue weighted by molar-refractivity contribution is 9.10. The lowest BCUT2D eigenvalue weighted by Gasteiger charge is -2.21. The summed E-state index contributed by atoms with van der Waals surface area (Å²) in [4.78, 5) is 2.01. The zero-order chi connectivity index (χ0) is 12.1. The number of hydrogen-bond acceptors (Lipinski definition) is 2. The van der Waals surface area contributed by atoms with Gasteiger partial charge in [0.05, 0.1) is 22.9 Å². The van der Waals surface area contributed by atoms with E-state index < -0.39 is 0 Å². The van der Waals surface area contributed by atoms with Crippen molar-refractivity contribution in [1.29, 1.82) is 0 Å². The third kappa shape index (κ3) is 3.18. The molecule has 0 radical (unpaired) electrons. The Hall–Kier alpha value is -0.620. The maximum atomic E-state index is 5.24. The maximum Gasteiger partial charge on any atom is 0.169 e. The molecule has 0 saturated carbocycles. The number of nitrogens with one attached hydrogen (secondary N) is 1. The number of hydrogen-bond donors (Lipinski definition) is 1. The molecular formula is C10H17BrN4S. The molecule has 1 rings (SSSR count). The molecule has 0 unspecified atom stereocenters. The van der Waals surface area contributed by atoms with Crippen LogP contribution in [0.5, 0.6) is 0 Å². The first-order valence-electron chi connectivity index (χ1n) is 5.29. The van der Waals surface area contributed by atoms with E-state index in [1.807, 2.05) is 29.7 Å². The molecule has 0 aliphatic heterocycles. The predicted octanol–water partition coefficient (Wildman–Crippen LogP) is 1.99. The summed E-state index contributed by atoms with van der Waals surface area (Å²) in [6.07, 6.45) is 1.82. The molecule has 4 nitrogen and oxygen atoms in total. The highest BCUT2D eigenvalue weighted by Crippen LogP contribution is 2.17. The van der Waals surface area contributed by atoms with Gasteiger partial charge in [-0.3, -0.25) is 4.68 Å². The van der Waals surface area contributed by atoms with Gasteiger partial charge in [0, 0.05) is 20.1 Å². The van der Waals surface area contributed by atoms with Gasteiger partial charge in [0.2, 0.25) is 0 Å². The number of halogens is 1. The van der Waals surface area contributed by atoms with E-state index in [2.05, 4.69) is 33.3 Å². The van der Waals surface area contributed by atoms with Crippen LogP contribution in [0.25, 0.3) is 0 Å². The largest absolute Gasteiger partial charge is 0.363 e. The van der Waals surface area contributed by atoms with Crippen LogP contribution in [-0.4, -0.2) is 33.4 Å². The van der Waals surface area contributed by atoms with Gasteiger partial charge >= 0.3 is 0 Å². The quantitative estimate of drug-likeness (QED) is 0.863. The van der Waals surface area contributed by atoms with Gasteiger partial charge in [0.1, 0.15) is 0 Å². The van der Waals surface area contributed by atoms with Crippen molar-refractivity contribution in [1.82, 2.24) is 20.0 Å². The first-order valence-corrected chi connectivity index (χ1v) is 6.49. The first-order chi connectivity index (χ1) is 7.60. The molecule has 0 aliphatic carbocycles. The standard InChI is InChI=1S/C10H17BrN4S/c1-4-12-10(16)14(3)7-9-8(11)6-13-15(9)5-2/h6H,4-5,7H2,1-3H3,(H,12,16). The highest BCUT2D eigenvalue weighted by atomic mass is 79.9. The van der Waals surface area contributed by atoms with Gasteiger partial charge in [-0.05, 0) is 42.0 Å². The van der Waals surface area contributed by atoms with Crippen molar-refractivity contribution in [3.8, 4) is 0 Å². The summed E-state index contributed by atoms with van der Waals surface area (Å²) < 4.78 is 3.00. The van der Waals surface area contributed by atoms with E-state index >= 15 is 0 Å². The Kier molecular flexibility index (Phi) is 5.21. The van der Waals surface area contributed by atoms with Crippen molar-refractivity contribution in [3.63, 3.8) is 0 Å². The molecule has 0 bridgehead atoms. The number of rotatable bonds is 4. The minimum atomic E-state index is 0.750. The Morgan fingerprint density at radius 3 is 2.88 bits per heavy atom. The van der Waals surface area contributed by atoms with E-state index in [0.717, 1.165) is 34.9 Å². The second kappa shape index (κ2) is 6.20. The number of thiocarbonyl (C=S) groups is 1. The number of aromatic nitrogens is 2. The van der Waals surface area contributed by atoms with Crippen LogP contribution in [0.15, 0.2) is 10.7 Å². The summed E-state index contributed by atoms with van der Waals surface area (Å²) in [5.74, 6) is 0. The van der Waals surface area contributed by atoms with E-state index in [1.165, 1.54) is 0 Å². The fourth-order valence-electron chi connectivity index (χ4n) is 1.40. The van der Waals surface area contributed by atoms with Crippen LogP contribution >= 0.6 is 28.1 Å². The fraction of sp³-hybridized carbons (Fsp3) is 0.600. The van der Waals surface area contributed by atoms with Gasteiger partial charge in [-0.15, -0.1) is 0 Å². The number of aryl methyl sites for hydroxylation is 1. The normalized spacial score (nSPS) is 10.2. The Bertz CT molecular complexity index is 364. The Morgan fingerprint density at radius 1 is 1.62 bits per heavy atom. The van der Waals surface area contributed by atoms with Gasteiger partial charge in [-0.25, -0.2) is 0 Å². The third-order valence-electron chi connectivity index (χ3n) is 2.26. The molecule has 0 saturated heterocycles. The molecule has 1 N–H and O–H groups in total. The molecule has 0 fully saturated rings. The molecule has 6 heteroatoms. The molecule has 0 amide bonds. The summed E-state index contributed by atoms with van der Waals surface area (Å²) in [7, 11) is 1.98. The second-order valence-corrected chi connectivity index (χ2v) is 4.69. The minimum Gasteiger partial charge on any atom is -0.363 e. The fourth-order valence-corrected chi connectivity index (χ4v) is 2.03. The average Bonchev–Trinajstić information content (AvgIpc) is 2.60. The molecule has 0 spiro atoms. The maximum absolute atomic E-state index is 5.24. The summed E-state index contributed by atoms with van der Waals surface area (Å²) in [5.41, 5.74) is 1.14. The zero-order valence-electron chi connectivity index (χ0n) is 9.83. The Labute approximate surface area is 110 Å². The molecule has 0 atom stereocenters. The minimum absolute atomic E-state index is 0.750. The van der Waals surface area contributed by atoms with Crippen molar-refractivity contribution in [3.05, 3.63) is 16.4 Å². The van der Waals surface area contributed by atoms with Crippen molar-refractivity contribution < 1.29 is 0 Å². The highest BCUT2D eigenvalue weighted by Gasteiger charge is 2.11. The molecule has 1 aromatic rings. The van der Waals surface area contributed by atoms with Gasteiger partial charge < -0.3 is 10.2 Å². The molecule has 16 heavy (non-hydrogen) atoms. The van der Waals surface area contributed by atoms with Crippen LogP contribution in [-0.2, 0) is 13.1 Å². The Balaban J connectivity index is 2.72. The van der Waals surface area contributed by atoms with Crippen LogP contribution in [0, 0.1) is 0 Å². The van der Waals surface area contributed by atoms with Crippen LogP contribution in [0.3, 0.4) is 0 Å². The molecule has 0 aliphatic rings. The summed E-state index contributed by atoms with van der Waals surface area (Å²) in [5, 5.41) is 8.16. The van der Waals surface area contributed by atoms with E-state index in [1.54, 1.807) is 0 Å². The van der Waals surface area contributed by atoms with Gasteiger partial charge in [-0.2, -0.15) is 5.10 Å². The first kappa shape index (κ1) is 13.4.